The molecular weight excluding hydrogens is 194 g/mol. The highest BCUT2D eigenvalue weighted by Gasteiger charge is 2.05. The van der Waals surface area contributed by atoms with Crippen molar-refractivity contribution in [2.45, 2.75) is 0 Å². The fraction of sp³-hybridized carbons (Fsp3) is 0. The molecule has 1 aromatic heterocycles. The third-order valence-electron chi connectivity index (χ3n) is 1.92. The fourth-order valence-electron chi connectivity index (χ4n) is 1.23. The average molecular weight is 201 g/mol. The lowest BCUT2D eigenvalue weighted by atomic mass is 10.1. The van der Waals surface area contributed by atoms with Gasteiger partial charge in [0.05, 0.1) is 10.4 Å². The molecule has 14 heavy (non-hydrogen) atoms. The lowest BCUT2D eigenvalue weighted by Crippen LogP contribution is -1.75. The summed E-state index contributed by atoms with van der Waals surface area (Å²) < 4.78 is 0. The van der Waals surface area contributed by atoms with Gasteiger partial charge >= 0.3 is 0 Å². The number of phenols is 1. The molecule has 0 aliphatic heterocycles. The second-order valence-corrected chi connectivity index (χ2v) is 3.74. The smallest absolute Gasteiger partial charge is 0.115 e. The van der Waals surface area contributed by atoms with Crippen LogP contribution in [0, 0.1) is 11.3 Å². The Bertz CT molecular complexity index is 479. The van der Waals surface area contributed by atoms with Crippen LogP contribution in [0.15, 0.2) is 35.7 Å². The van der Waals surface area contributed by atoms with Gasteiger partial charge in [-0.3, -0.25) is 0 Å². The number of nitriles is 1. The summed E-state index contributed by atoms with van der Waals surface area (Å²) in [5.41, 5.74) is 1.65. The van der Waals surface area contributed by atoms with Crippen LogP contribution in [0.5, 0.6) is 5.75 Å². The Labute approximate surface area is 85.7 Å². The maximum atomic E-state index is 9.12. The van der Waals surface area contributed by atoms with E-state index < -0.39 is 0 Å². The number of phenolic OH excluding ortho intramolecular Hbond substituents is 1. The van der Waals surface area contributed by atoms with E-state index in [-0.39, 0.29) is 5.75 Å². The molecule has 3 heteroatoms. The van der Waals surface area contributed by atoms with E-state index in [0.717, 1.165) is 10.4 Å². The molecule has 0 spiro atoms. The second kappa shape index (κ2) is 3.52. The Morgan fingerprint density at radius 2 is 1.86 bits per heavy atom. The van der Waals surface area contributed by atoms with E-state index in [1.807, 2.05) is 17.5 Å². The van der Waals surface area contributed by atoms with E-state index in [2.05, 4.69) is 6.07 Å². The van der Waals surface area contributed by atoms with Gasteiger partial charge in [-0.05, 0) is 41.3 Å². The molecule has 0 unspecified atom stereocenters. The molecule has 0 fully saturated rings. The molecule has 0 aliphatic rings. The number of nitrogens with zero attached hydrogens (tertiary/aromatic N) is 1. The van der Waals surface area contributed by atoms with Gasteiger partial charge in [0.15, 0.2) is 0 Å². The first-order valence-corrected chi connectivity index (χ1v) is 4.96. The van der Waals surface area contributed by atoms with Gasteiger partial charge in [0.25, 0.3) is 0 Å². The molecular formula is C11H7NOS. The number of rotatable bonds is 1. The highest BCUT2D eigenvalue weighted by atomic mass is 32.1. The summed E-state index contributed by atoms with van der Waals surface area (Å²) in [7, 11) is 0. The van der Waals surface area contributed by atoms with Crippen molar-refractivity contribution in [2.24, 2.45) is 0 Å². The first-order chi connectivity index (χ1) is 6.81. The zero-order chi connectivity index (χ0) is 9.97. The third kappa shape index (κ3) is 1.48. The predicted molar refractivity (Wildman–Crippen MR) is 56.1 cm³/mol. The summed E-state index contributed by atoms with van der Waals surface area (Å²) in [5.74, 6) is 0.240. The molecule has 2 nitrogen and oxygen atoms in total. The van der Waals surface area contributed by atoms with Gasteiger partial charge in [-0.15, -0.1) is 11.3 Å². The number of aromatic hydroxyl groups is 1. The Kier molecular flexibility index (Phi) is 2.21. The lowest BCUT2D eigenvalue weighted by molar-refractivity contribution is 0.475. The topological polar surface area (TPSA) is 44.0 Å². The van der Waals surface area contributed by atoms with Crippen LogP contribution in [-0.4, -0.2) is 5.11 Å². The summed E-state index contributed by atoms with van der Waals surface area (Å²) in [6.07, 6.45) is 0. The number of hydrogen-bond acceptors (Lipinski definition) is 3. The summed E-state index contributed by atoms with van der Waals surface area (Å²) in [5, 5.41) is 19.8. The molecule has 0 amide bonds. The molecule has 1 heterocycles. The standard InChI is InChI=1S/C11H7NOS/c12-7-9-5-6-14-11(9)8-1-3-10(13)4-2-8/h1-6,13H. The van der Waals surface area contributed by atoms with Crippen molar-refractivity contribution < 1.29 is 5.11 Å². The quantitative estimate of drug-likeness (QED) is 0.770. The maximum Gasteiger partial charge on any atom is 0.115 e. The number of thiophene rings is 1. The van der Waals surface area contributed by atoms with E-state index >= 15 is 0 Å². The van der Waals surface area contributed by atoms with Crippen molar-refractivity contribution in [2.75, 3.05) is 0 Å². The monoisotopic (exact) mass is 201 g/mol. The van der Waals surface area contributed by atoms with Crippen molar-refractivity contribution in [1.82, 2.24) is 0 Å². The Balaban J connectivity index is 2.50. The Morgan fingerprint density at radius 1 is 1.14 bits per heavy atom. The molecule has 0 saturated carbocycles. The molecule has 68 valence electrons. The van der Waals surface area contributed by atoms with Crippen LogP contribution in [0.4, 0.5) is 0 Å². The van der Waals surface area contributed by atoms with Crippen LogP contribution < -0.4 is 0 Å². The molecule has 1 N–H and O–H groups in total. The third-order valence-corrected chi connectivity index (χ3v) is 2.88. The SMILES string of the molecule is N#Cc1ccsc1-c1ccc(O)cc1. The Morgan fingerprint density at radius 3 is 2.50 bits per heavy atom. The molecule has 0 bridgehead atoms. The van der Waals surface area contributed by atoms with Gasteiger partial charge in [-0.1, -0.05) is 0 Å². The zero-order valence-corrected chi connectivity index (χ0v) is 8.08. The van der Waals surface area contributed by atoms with E-state index in [0.29, 0.717) is 5.56 Å². The summed E-state index contributed by atoms with van der Waals surface area (Å²) >= 11 is 1.53. The fourth-order valence-corrected chi connectivity index (χ4v) is 2.09. The van der Waals surface area contributed by atoms with E-state index in [1.54, 1.807) is 18.2 Å². The Hall–Kier alpha value is -1.79. The van der Waals surface area contributed by atoms with Crippen molar-refractivity contribution in [1.29, 1.82) is 5.26 Å². The van der Waals surface area contributed by atoms with Gasteiger partial charge in [0.2, 0.25) is 0 Å². The first-order valence-electron chi connectivity index (χ1n) is 4.08. The van der Waals surface area contributed by atoms with E-state index in [1.165, 1.54) is 11.3 Å². The summed E-state index contributed by atoms with van der Waals surface area (Å²) in [6.45, 7) is 0. The van der Waals surface area contributed by atoms with Crippen LogP contribution >= 0.6 is 11.3 Å². The first kappa shape index (κ1) is 8.79. The summed E-state index contributed by atoms with van der Waals surface area (Å²) in [6, 6.07) is 10.8. The average Bonchev–Trinajstić information content (AvgIpc) is 2.67. The minimum absolute atomic E-state index is 0.240. The normalized spacial score (nSPS) is 9.64. The molecule has 1 aromatic carbocycles. The van der Waals surface area contributed by atoms with Crippen LogP contribution in [0.1, 0.15) is 5.56 Å². The van der Waals surface area contributed by atoms with Crippen molar-refractivity contribution in [3.63, 3.8) is 0 Å². The minimum Gasteiger partial charge on any atom is -0.508 e. The molecule has 0 aliphatic carbocycles. The molecule has 0 atom stereocenters. The van der Waals surface area contributed by atoms with E-state index in [9.17, 15) is 0 Å². The largest absolute Gasteiger partial charge is 0.508 e. The number of hydrogen-bond donors (Lipinski definition) is 1. The zero-order valence-electron chi connectivity index (χ0n) is 7.27. The maximum absolute atomic E-state index is 9.12. The van der Waals surface area contributed by atoms with Crippen molar-refractivity contribution >= 4 is 11.3 Å². The van der Waals surface area contributed by atoms with Gasteiger partial charge in [-0.2, -0.15) is 5.26 Å². The molecule has 0 radical (unpaired) electrons. The van der Waals surface area contributed by atoms with Gasteiger partial charge < -0.3 is 5.11 Å². The summed E-state index contributed by atoms with van der Waals surface area (Å²) in [4.78, 5) is 0.951. The second-order valence-electron chi connectivity index (χ2n) is 2.82. The van der Waals surface area contributed by atoms with Crippen molar-refractivity contribution in [3.8, 4) is 22.3 Å². The highest BCUT2D eigenvalue weighted by Crippen LogP contribution is 2.29. The lowest BCUT2D eigenvalue weighted by Gasteiger charge is -1.98. The van der Waals surface area contributed by atoms with Gasteiger partial charge in [0.1, 0.15) is 11.8 Å². The highest BCUT2D eigenvalue weighted by molar-refractivity contribution is 7.13. The molecule has 2 aromatic rings. The predicted octanol–water partition coefficient (Wildman–Crippen LogP) is 2.99. The van der Waals surface area contributed by atoms with Crippen LogP contribution in [0.2, 0.25) is 0 Å². The van der Waals surface area contributed by atoms with Crippen LogP contribution in [0.3, 0.4) is 0 Å². The van der Waals surface area contributed by atoms with Crippen LogP contribution in [-0.2, 0) is 0 Å². The number of benzene rings is 1. The van der Waals surface area contributed by atoms with Gasteiger partial charge in [-0.25, -0.2) is 0 Å². The van der Waals surface area contributed by atoms with E-state index in [4.69, 9.17) is 10.4 Å². The van der Waals surface area contributed by atoms with Gasteiger partial charge in [0, 0.05) is 0 Å². The molecule has 0 saturated heterocycles. The van der Waals surface area contributed by atoms with Crippen molar-refractivity contribution in [3.05, 3.63) is 41.3 Å². The van der Waals surface area contributed by atoms with Crippen LogP contribution in [0.25, 0.3) is 10.4 Å². The molecule has 2 rings (SSSR count). The minimum atomic E-state index is 0.240.